The lowest BCUT2D eigenvalue weighted by molar-refractivity contribution is 0.0837. The topological polar surface area (TPSA) is 41.6 Å². The second kappa shape index (κ2) is 7.89. The highest BCUT2D eigenvalue weighted by Crippen LogP contribution is 2.32. The summed E-state index contributed by atoms with van der Waals surface area (Å²) in [6.45, 7) is 4.18. The molecule has 0 saturated heterocycles. The minimum absolute atomic E-state index is 0.225. The molecule has 0 aliphatic carbocycles. The fourth-order valence-corrected chi connectivity index (χ4v) is 2.92. The van der Waals surface area contributed by atoms with Gasteiger partial charge in [0.15, 0.2) is 0 Å². The fourth-order valence-electron chi connectivity index (χ4n) is 2.67. The monoisotopic (exact) mass is 360 g/mol. The van der Waals surface area contributed by atoms with Crippen LogP contribution < -0.4 is 10.1 Å². The first-order chi connectivity index (χ1) is 11.8. The number of carbonyl (C=O) groups excluding carboxylic acids is 1. The average Bonchev–Trinajstić information content (AvgIpc) is 2.59. The molecule has 134 valence electrons. The van der Waals surface area contributed by atoms with E-state index in [1.807, 2.05) is 44.4 Å². The molecule has 1 atom stereocenters. The van der Waals surface area contributed by atoms with Gasteiger partial charge in [0.1, 0.15) is 5.75 Å². The number of nitrogens with zero attached hydrogens (tertiary/aromatic N) is 1. The van der Waals surface area contributed by atoms with Crippen molar-refractivity contribution in [3.63, 3.8) is 0 Å². The zero-order chi connectivity index (χ0) is 18.6. The molecule has 0 radical (unpaired) electrons. The van der Waals surface area contributed by atoms with Gasteiger partial charge in [-0.25, -0.2) is 0 Å². The van der Waals surface area contributed by atoms with E-state index in [9.17, 15) is 4.79 Å². The molecule has 0 heterocycles. The maximum atomic E-state index is 13.0. The van der Waals surface area contributed by atoms with Crippen molar-refractivity contribution in [2.75, 3.05) is 21.2 Å². The van der Waals surface area contributed by atoms with Crippen LogP contribution >= 0.6 is 11.6 Å². The van der Waals surface area contributed by atoms with Gasteiger partial charge < -0.3 is 15.0 Å². The number of ether oxygens (including phenoxy) is 1. The van der Waals surface area contributed by atoms with Crippen LogP contribution in [-0.2, 0) is 0 Å². The summed E-state index contributed by atoms with van der Waals surface area (Å²) in [5.41, 5.74) is 1.06. The third-order valence-corrected chi connectivity index (χ3v) is 5.00. The summed E-state index contributed by atoms with van der Waals surface area (Å²) >= 11 is 6.26. The van der Waals surface area contributed by atoms with Crippen molar-refractivity contribution in [2.45, 2.75) is 25.4 Å². The Hall–Kier alpha value is -2.04. The van der Waals surface area contributed by atoms with Gasteiger partial charge in [-0.2, -0.15) is 0 Å². The summed E-state index contributed by atoms with van der Waals surface area (Å²) in [5, 5.41) is 3.51. The molecule has 2 aromatic rings. The lowest BCUT2D eigenvalue weighted by Crippen LogP contribution is -2.50. The molecule has 0 saturated carbocycles. The first-order valence-electron chi connectivity index (χ1n) is 8.14. The maximum Gasteiger partial charge on any atom is 0.257 e. The summed E-state index contributed by atoms with van der Waals surface area (Å²) in [7, 11) is 5.53. The van der Waals surface area contributed by atoms with E-state index in [1.165, 1.54) is 7.11 Å². The summed E-state index contributed by atoms with van der Waals surface area (Å²) in [4.78, 5) is 15.1. The van der Waals surface area contributed by atoms with Crippen molar-refractivity contribution in [2.24, 2.45) is 0 Å². The van der Waals surface area contributed by atoms with Gasteiger partial charge in [-0.15, -0.1) is 0 Å². The van der Waals surface area contributed by atoms with Crippen molar-refractivity contribution >= 4 is 17.5 Å². The van der Waals surface area contributed by atoms with Crippen LogP contribution in [0, 0.1) is 0 Å². The van der Waals surface area contributed by atoms with E-state index in [1.54, 1.807) is 18.2 Å². The molecular formula is C20H25ClN2O2. The second-order valence-corrected chi connectivity index (χ2v) is 7.09. The van der Waals surface area contributed by atoms with E-state index in [4.69, 9.17) is 16.3 Å². The molecule has 0 aromatic heterocycles. The zero-order valence-electron chi connectivity index (χ0n) is 15.3. The Bertz CT molecular complexity index is 730. The van der Waals surface area contributed by atoms with Crippen molar-refractivity contribution < 1.29 is 9.53 Å². The van der Waals surface area contributed by atoms with Crippen LogP contribution in [0.3, 0.4) is 0 Å². The lowest BCUT2D eigenvalue weighted by atomic mass is 9.87. The number of likely N-dealkylation sites (N-methyl/N-ethyl adjacent to an activating group) is 1. The highest BCUT2D eigenvalue weighted by molar-refractivity contribution is 6.34. The fraction of sp³-hybridized carbons (Fsp3) is 0.350. The lowest BCUT2D eigenvalue weighted by Gasteiger charge is -2.41. The average molecular weight is 361 g/mol. The Morgan fingerprint density at radius 2 is 1.76 bits per heavy atom. The van der Waals surface area contributed by atoms with Gasteiger partial charge in [0.05, 0.1) is 23.7 Å². The number of hydrogen-bond donors (Lipinski definition) is 1. The van der Waals surface area contributed by atoms with Gasteiger partial charge in [0.25, 0.3) is 5.91 Å². The molecule has 5 heteroatoms. The maximum absolute atomic E-state index is 13.0. The SMILES string of the molecule is COc1cccc(Cl)c1C(=O)NC(c1ccccc1)C(C)(C)N(C)C. The second-order valence-electron chi connectivity index (χ2n) is 6.68. The molecule has 25 heavy (non-hydrogen) atoms. The van der Waals surface area contributed by atoms with Gasteiger partial charge in [0.2, 0.25) is 0 Å². The number of nitrogens with one attached hydrogen (secondary N) is 1. The summed E-state index contributed by atoms with van der Waals surface area (Å²) in [6, 6.07) is 14.9. The Morgan fingerprint density at radius 3 is 2.32 bits per heavy atom. The highest BCUT2D eigenvalue weighted by atomic mass is 35.5. The van der Waals surface area contributed by atoms with E-state index < -0.39 is 0 Å². The van der Waals surface area contributed by atoms with E-state index in [0.717, 1.165) is 5.56 Å². The van der Waals surface area contributed by atoms with Gasteiger partial charge in [-0.05, 0) is 45.6 Å². The smallest absolute Gasteiger partial charge is 0.257 e. The Labute approximate surface area is 154 Å². The van der Waals surface area contributed by atoms with Gasteiger partial charge in [-0.3, -0.25) is 4.79 Å². The molecule has 4 nitrogen and oxygen atoms in total. The molecule has 2 aromatic carbocycles. The molecule has 1 unspecified atom stereocenters. The first-order valence-corrected chi connectivity index (χ1v) is 8.52. The molecule has 0 aliphatic heterocycles. The number of benzene rings is 2. The summed E-state index contributed by atoms with van der Waals surface area (Å²) in [6.07, 6.45) is 0. The third-order valence-electron chi connectivity index (χ3n) is 4.69. The minimum Gasteiger partial charge on any atom is -0.496 e. The quantitative estimate of drug-likeness (QED) is 0.841. The van der Waals surface area contributed by atoms with Crippen LogP contribution in [0.5, 0.6) is 5.75 Å². The molecular weight excluding hydrogens is 336 g/mol. The van der Waals surface area contributed by atoms with Crippen molar-refractivity contribution in [1.29, 1.82) is 0 Å². The van der Waals surface area contributed by atoms with Crippen LogP contribution in [0.4, 0.5) is 0 Å². The normalized spacial score (nSPS) is 12.8. The number of carbonyl (C=O) groups is 1. The number of rotatable bonds is 6. The number of amides is 1. The van der Waals surface area contributed by atoms with Crippen LogP contribution in [-0.4, -0.2) is 37.6 Å². The van der Waals surface area contributed by atoms with Gasteiger partial charge in [-0.1, -0.05) is 48.0 Å². The summed E-state index contributed by atoms with van der Waals surface area (Å²) in [5.74, 6) is 0.200. The molecule has 1 amide bonds. The van der Waals surface area contributed by atoms with Crippen LogP contribution in [0.2, 0.25) is 5.02 Å². The molecule has 0 fully saturated rings. The Morgan fingerprint density at radius 1 is 1.12 bits per heavy atom. The molecule has 2 rings (SSSR count). The highest BCUT2D eigenvalue weighted by Gasteiger charge is 2.35. The van der Waals surface area contributed by atoms with Crippen molar-refractivity contribution in [3.8, 4) is 5.75 Å². The Kier molecular flexibility index (Phi) is 6.09. The van der Waals surface area contributed by atoms with E-state index in [0.29, 0.717) is 16.3 Å². The van der Waals surface area contributed by atoms with Crippen LogP contribution in [0.25, 0.3) is 0 Å². The molecule has 0 spiro atoms. The van der Waals surface area contributed by atoms with Crippen molar-refractivity contribution in [3.05, 3.63) is 64.7 Å². The molecule has 0 bridgehead atoms. The Balaban J connectivity index is 2.43. The summed E-state index contributed by atoms with van der Waals surface area (Å²) < 4.78 is 5.31. The largest absolute Gasteiger partial charge is 0.496 e. The van der Waals surface area contributed by atoms with Crippen LogP contribution in [0.1, 0.15) is 35.8 Å². The van der Waals surface area contributed by atoms with E-state index in [2.05, 4.69) is 24.1 Å². The van der Waals surface area contributed by atoms with Gasteiger partial charge in [0, 0.05) is 5.54 Å². The predicted molar refractivity (Wildman–Crippen MR) is 102 cm³/mol. The molecule has 0 aliphatic rings. The van der Waals surface area contributed by atoms with E-state index in [-0.39, 0.29) is 17.5 Å². The third kappa shape index (κ3) is 4.14. The number of halogens is 1. The van der Waals surface area contributed by atoms with Crippen LogP contribution in [0.15, 0.2) is 48.5 Å². The van der Waals surface area contributed by atoms with Crippen molar-refractivity contribution in [1.82, 2.24) is 10.2 Å². The number of hydrogen-bond acceptors (Lipinski definition) is 3. The first kappa shape index (κ1) is 19.3. The number of methoxy groups -OCH3 is 1. The van der Waals surface area contributed by atoms with E-state index >= 15 is 0 Å². The zero-order valence-corrected chi connectivity index (χ0v) is 16.1. The van der Waals surface area contributed by atoms with Gasteiger partial charge >= 0.3 is 0 Å². The molecule has 1 N–H and O–H groups in total. The minimum atomic E-state index is -0.314. The standard InChI is InChI=1S/C20H25ClN2O2/c1-20(2,23(3)4)18(14-10-7-6-8-11-14)22-19(24)17-15(21)12-9-13-16(17)25-5/h6-13,18H,1-5H3,(H,22,24). The predicted octanol–water partition coefficient (Wildman–Crippen LogP) is 4.16.